The van der Waals surface area contributed by atoms with Gasteiger partial charge in [0.05, 0.1) is 15.1 Å². The second-order valence-electron chi connectivity index (χ2n) is 9.70. The Morgan fingerprint density at radius 2 is 1.89 bits per heavy atom. The topological polar surface area (TPSA) is 79.4 Å². The number of thiophene rings is 1. The third-order valence-electron chi connectivity index (χ3n) is 6.90. The van der Waals surface area contributed by atoms with Crippen LogP contribution in [0.4, 0.5) is 5.00 Å². The normalized spacial score (nSPS) is 15.7. The van der Waals surface area contributed by atoms with E-state index in [0.29, 0.717) is 18.0 Å². The summed E-state index contributed by atoms with van der Waals surface area (Å²) in [5, 5.41) is 4.89. The summed E-state index contributed by atoms with van der Waals surface area (Å²) in [5.74, 6) is 0.361. The van der Waals surface area contributed by atoms with E-state index in [-0.39, 0.29) is 10.8 Å². The van der Waals surface area contributed by atoms with Crippen LogP contribution in [0, 0.1) is 5.92 Å². The zero-order chi connectivity index (χ0) is 26.2. The van der Waals surface area contributed by atoms with Crippen LogP contribution in [0.1, 0.15) is 53.9 Å². The zero-order valence-corrected chi connectivity index (χ0v) is 23.7. The molecule has 4 aromatic rings. The van der Waals surface area contributed by atoms with Crippen molar-refractivity contribution in [2.45, 2.75) is 50.8 Å². The van der Waals surface area contributed by atoms with Crippen LogP contribution in [-0.2, 0) is 22.9 Å². The number of nitrogens with one attached hydrogen (secondary N) is 1. The van der Waals surface area contributed by atoms with Crippen LogP contribution < -0.4 is 5.32 Å². The zero-order valence-electron chi connectivity index (χ0n) is 21.3. The minimum atomic E-state index is -3.58. The number of aromatic nitrogens is 1. The van der Waals surface area contributed by atoms with E-state index < -0.39 is 10.0 Å². The Morgan fingerprint density at radius 3 is 2.62 bits per heavy atom. The fourth-order valence-electron chi connectivity index (χ4n) is 4.68. The standard InChI is InChI=1S/C28H31N3O3S3/c1-4-5-16-31(3)37(33,34)20-13-11-19(12-14-20)26(32)30-28-25(21-15-10-18(2)17-24(21)36-28)27-29-22-8-6-7-9-23(22)35-27/h6-9,11-14,18H,4-5,10,15-17H2,1-3H3,(H,30,32). The van der Waals surface area contributed by atoms with Gasteiger partial charge in [0.2, 0.25) is 10.0 Å². The predicted molar refractivity (Wildman–Crippen MR) is 153 cm³/mol. The van der Waals surface area contributed by atoms with Crippen molar-refractivity contribution in [1.29, 1.82) is 0 Å². The Labute approximate surface area is 226 Å². The number of carbonyl (C=O) groups excluding carboxylic acids is 1. The minimum absolute atomic E-state index is 0.193. The first-order valence-corrected chi connectivity index (χ1v) is 15.7. The number of hydrogen-bond donors (Lipinski definition) is 1. The van der Waals surface area contributed by atoms with Crippen LogP contribution in [-0.4, -0.2) is 37.2 Å². The van der Waals surface area contributed by atoms with Crippen LogP contribution >= 0.6 is 22.7 Å². The van der Waals surface area contributed by atoms with Crippen molar-refractivity contribution in [2.24, 2.45) is 5.92 Å². The number of unbranched alkanes of at least 4 members (excludes halogenated alkanes) is 1. The fourth-order valence-corrected chi connectivity index (χ4v) is 8.40. The molecule has 1 aliphatic rings. The molecule has 194 valence electrons. The molecule has 2 heterocycles. The van der Waals surface area contributed by atoms with Gasteiger partial charge in [-0.1, -0.05) is 32.4 Å². The van der Waals surface area contributed by atoms with Crippen LogP contribution in [0.25, 0.3) is 20.8 Å². The van der Waals surface area contributed by atoms with Crippen molar-refractivity contribution in [2.75, 3.05) is 18.9 Å². The molecular weight excluding hydrogens is 523 g/mol. The highest BCUT2D eigenvalue weighted by Crippen LogP contribution is 2.47. The number of amides is 1. The lowest BCUT2D eigenvalue weighted by Crippen LogP contribution is -2.28. The van der Waals surface area contributed by atoms with Crippen LogP contribution in [0.2, 0.25) is 0 Å². The molecule has 0 spiro atoms. The maximum absolute atomic E-state index is 13.3. The predicted octanol–water partition coefficient (Wildman–Crippen LogP) is 6.82. The number of carbonyl (C=O) groups is 1. The number of anilines is 1. The minimum Gasteiger partial charge on any atom is -0.313 e. The average Bonchev–Trinajstić information content (AvgIpc) is 3.47. The first-order chi connectivity index (χ1) is 17.8. The van der Waals surface area contributed by atoms with E-state index in [4.69, 9.17) is 4.98 Å². The fraction of sp³-hybridized carbons (Fsp3) is 0.357. The molecule has 2 aromatic heterocycles. The van der Waals surface area contributed by atoms with Gasteiger partial charge in [0.25, 0.3) is 5.91 Å². The van der Waals surface area contributed by atoms with Gasteiger partial charge in [0.1, 0.15) is 10.0 Å². The molecule has 1 atom stereocenters. The summed E-state index contributed by atoms with van der Waals surface area (Å²) in [6, 6.07) is 14.3. The molecule has 0 saturated carbocycles. The van der Waals surface area contributed by atoms with Gasteiger partial charge >= 0.3 is 0 Å². The van der Waals surface area contributed by atoms with Gasteiger partial charge < -0.3 is 5.32 Å². The molecule has 2 aromatic carbocycles. The van der Waals surface area contributed by atoms with Gasteiger partial charge in [0.15, 0.2) is 0 Å². The van der Waals surface area contributed by atoms with Crippen molar-refractivity contribution < 1.29 is 13.2 Å². The maximum atomic E-state index is 13.3. The van der Waals surface area contributed by atoms with Gasteiger partial charge in [-0.2, -0.15) is 0 Å². The molecule has 9 heteroatoms. The van der Waals surface area contributed by atoms with E-state index >= 15 is 0 Å². The highest BCUT2D eigenvalue weighted by molar-refractivity contribution is 7.89. The number of thiazole rings is 1. The Balaban J connectivity index is 1.44. The molecule has 37 heavy (non-hydrogen) atoms. The molecule has 0 bridgehead atoms. The molecular formula is C28H31N3O3S3. The quantitative estimate of drug-likeness (QED) is 0.260. The van der Waals surface area contributed by atoms with E-state index in [9.17, 15) is 13.2 Å². The Kier molecular flexibility index (Phi) is 7.49. The van der Waals surface area contributed by atoms with Crippen molar-refractivity contribution in [1.82, 2.24) is 9.29 Å². The highest BCUT2D eigenvalue weighted by atomic mass is 32.2. The summed E-state index contributed by atoms with van der Waals surface area (Å²) in [7, 11) is -1.99. The molecule has 1 unspecified atom stereocenters. The third kappa shape index (κ3) is 5.23. The smallest absolute Gasteiger partial charge is 0.256 e. The number of benzene rings is 2. The SMILES string of the molecule is CCCCN(C)S(=O)(=O)c1ccc(C(=O)Nc2sc3c(c2-c2nc4ccccc4s2)CCC(C)C3)cc1. The first kappa shape index (κ1) is 26.0. The monoisotopic (exact) mass is 553 g/mol. The lowest BCUT2D eigenvalue weighted by Gasteiger charge is -2.18. The van der Waals surface area contributed by atoms with Gasteiger partial charge in [-0.25, -0.2) is 17.7 Å². The Bertz CT molecular complexity index is 1500. The van der Waals surface area contributed by atoms with E-state index in [1.54, 1.807) is 41.9 Å². The first-order valence-electron chi connectivity index (χ1n) is 12.7. The summed E-state index contributed by atoms with van der Waals surface area (Å²) >= 11 is 3.30. The molecule has 5 rings (SSSR count). The summed E-state index contributed by atoms with van der Waals surface area (Å²) in [6.45, 7) is 4.77. The van der Waals surface area contributed by atoms with Crippen molar-refractivity contribution in [3.8, 4) is 10.6 Å². The van der Waals surface area contributed by atoms with Gasteiger partial charge in [-0.05, 0) is 73.6 Å². The molecule has 1 N–H and O–H groups in total. The summed E-state index contributed by atoms with van der Waals surface area (Å²) in [6.07, 6.45) is 4.83. The van der Waals surface area contributed by atoms with Crippen molar-refractivity contribution >= 4 is 53.8 Å². The number of rotatable bonds is 8. The van der Waals surface area contributed by atoms with E-state index in [2.05, 4.69) is 18.3 Å². The Morgan fingerprint density at radius 1 is 1.14 bits per heavy atom. The van der Waals surface area contributed by atoms with Gasteiger partial charge in [-0.15, -0.1) is 22.7 Å². The van der Waals surface area contributed by atoms with Gasteiger partial charge in [-0.3, -0.25) is 4.79 Å². The molecule has 0 aliphatic heterocycles. The molecule has 0 fully saturated rings. The lowest BCUT2D eigenvalue weighted by molar-refractivity contribution is 0.102. The molecule has 6 nitrogen and oxygen atoms in total. The van der Waals surface area contributed by atoms with Crippen molar-refractivity contribution in [3.63, 3.8) is 0 Å². The van der Waals surface area contributed by atoms with E-state index in [1.807, 2.05) is 25.1 Å². The second-order valence-corrected chi connectivity index (χ2v) is 13.9. The molecule has 1 amide bonds. The van der Waals surface area contributed by atoms with Gasteiger partial charge in [0, 0.05) is 29.6 Å². The summed E-state index contributed by atoms with van der Waals surface area (Å²) < 4.78 is 28.2. The average molecular weight is 554 g/mol. The van der Waals surface area contributed by atoms with Crippen LogP contribution in [0.5, 0.6) is 0 Å². The second kappa shape index (κ2) is 10.6. The summed E-state index contributed by atoms with van der Waals surface area (Å²) in [4.78, 5) is 19.7. The molecule has 1 aliphatic carbocycles. The van der Waals surface area contributed by atoms with Crippen molar-refractivity contribution in [3.05, 3.63) is 64.5 Å². The lowest BCUT2D eigenvalue weighted by atomic mass is 9.88. The van der Waals surface area contributed by atoms with E-state index in [0.717, 1.165) is 57.9 Å². The van der Waals surface area contributed by atoms with E-state index in [1.165, 1.54) is 26.9 Å². The molecule has 0 radical (unpaired) electrons. The number of para-hydroxylation sites is 1. The number of fused-ring (bicyclic) bond motifs is 2. The number of hydrogen-bond acceptors (Lipinski definition) is 6. The maximum Gasteiger partial charge on any atom is 0.256 e. The Hall–Kier alpha value is -2.59. The number of sulfonamides is 1. The van der Waals surface area contributed by atoms with Crippen LogP contribution in [0.3, 0.4) is 0 Å². The largest absolute Gasteiger partial charge is 0.313 e. The third-order valence-corrected chi connectivity index (χ3v) is 11.0. The highest BCUT2D eigenvalue weighted by Gasteiger charge is 2.28. The summed E-state index contributed by atoms with van der Waals surface area (Å²) in [5.41, 5.74) is 3.72. The van der Waals surface area contributed by atoms with Crippen LogP contribution in [0.15, 0.2) is 53.4 Å². The molecule has 0 saturated heterocycles. The number of nitrogens with zero attached hydrogens (tertiary/aromatic N) is 2.